The average molecular weight is 408 g/mol. The van der Waals surface area contributed by atoms with Gasteiger partial charge in [0.2, 0.25) is 0 Å². The van der Waals surface area contributed by atoms with Gasteiger partial charge in [0.15, 0.2) is 0 Å². The van der Waals surface area contributed by atoms with E-state index in [1.54, 1.807) is 18.7 Å². The number of benzene rings is 2. The van der Waals surface area contributed by atoms with Crippen LogP contribution in [0.25, 0.3) is 11.4 Å². The number of carbonyl (C=O) groups is 1. The molecule has 4 rings (SSSR count). The molecule has 0 saturated heterocycles. The molecule has 0 radical (unpaired) electrons. The zero-order chi connectivity index (χ0) is 20.5. The van der Waals surface area contributed by atoms with E-state index in [2.05, 4.69) is 10.4 Å². The van der Waals surface area contributed by atoms with Crippen LogP contribution in [0.2, 0.25) is 5.15 Å². The van der Waals surface area contributed by atoms with Crippen LogP contribution >= 0.6 is 11.6 Å². The number of aromatic nitrogens is 4. The largest absolute Gasteiger partial charge is 0.316 e. The maximum atomic E-state index is 13.0. The fourth-order valence-electron chi connectivity index (χ4n) is 3.13. The zero-order valence-electron chi connectivity index (χ0n) is 15.8. The van der Waals surface area contributed by atoms with Gasteiger partial charge < -0.3 is 5.32 Å². The fourth-order valence-corrected chi connectivity index (χ4v) is 3.40. The highest BCUT2D eigenvalue weighted by molar-refractivity contribution is 6.33. The highest BCUT2D eigenvalue weighted by Crippen LogP contribution is 2.22. The smallest absolute Gasteiger partial charge is 0.295 e. The van der Waals surface area contributed by atoms with E-state index >= 15 is 0 Å². The van der Waals surface area contributed by atoms with Gasteiger partial charge in [-0.15, -0.1) is 0 Å². The molecule has 4 aromatic rings. The summed E-state index contributed by atoms with van der Waals surface area (Å²) in [5, 5.41) is 7.07. The molecule has 0 atom stereocenters. The maximum Gasteiger partial charge on any atom is 0.295 e. The van der Waals surface area contributed by atoms with E-state index in [1.807, 2.05) is 60.7 Å². The minimum atomic E-state index is -0.497. The summed E-state index contributed by atoms with van der Waals surface area (Å²) < 4.78 is 4.67. The topological polar surface area (TPSA) is 73.8 Å². The Kier molecular flexibility index (Phi) is 4.82. The van der Waals surface area contributed by atoms with E-state index in [9.17, 15) is 9.59 Å². The molecule has 2 aromatic heterocycles. The van der Waals surface area contributed by atoms with Crippen LogP contribution in [0.4, 0.5) is 5.69 Å². The predicted molar refractivity (Wildman–Crippen MR) is 112 cm³/mol. The molecule has 146 valence electrons. The quantitative estimate of drug-likeness (QED) is 0.562. The molecule has 0 bridgehead atoms. The molecule has 29 heavy (non-hydrogen) atoms. The van der Waals surface area contributed by atoms with Crippen molar-refractivity contribution in [2.24, 2.45) is 7.05 Å². The first-order valence-corrected chi connectivity index (χ1v) is 9.31. The van der Waals surface area contributed by atoms with Crippen molar-refractivity contribution in [3.05, 3.63) is 93.6 Å². The molecule has 0 saturated carbocycles. The number of hydrogen-bond acceptors (Lipinski definition) is 3. The molecular formula is C21H18ClN5O2. The Morgan fingerprint density at radius 1 is 1.00 bits per heavy atom. The molecule has 0 aliphatic rings. The SMILES string of the molecule is Cc1c(NC(=O)c2cnn(-c3ccccc3)c2Cl)c(=O)n(-c2ccccc2)n1C. The van der Waals surface area contributed by atoms with Crippen LogP contribution in [0.3, 0.4) is 0 Å². The Hall–Kier alpha value is -3.58. The number of amides is 1. The maximum absolute atomic E-state index is 13.0. The Labute approximate surface area is 171 Å². The lowest BCUT2D eigenvalue weighted by molar-refractivity contribution is 0.102. The van der Waals surface area contributed by atoms with Crippen LogP contribution in [0.1, 0.15) is 16.1 Å². The zero-order valence-corrected chi connectivity index (χ0v) is 16.6. The van der Waals surface area contributed by atoms with Crippen LogP contribution in [-0.2, 0) is 7.05 Å². The number of nitrogens with one attached hydrogen (secondary N) is 1. The van der Waals surface area contributed by atoms with Crippen molar-refractivity contribution < 1.29 is 4.79 Å². The first-order chi connectivity index (χ1) is 14.0. The standard InChI is InChI=1S/C21H18ClN5O2/c1-14-18(21(29)27(25(14)2)16-11-7-4-8-12-16)24-20(28)17-13-23-26(19(17)22)15-9-5-3-6-10-15/h3-13H,1-2H3,(H,24,28). The van der Waals surface area contributed by atoms with Gasteiger partial charge in [-0.2, -0.15) is 5.10 Å². The Balaban J connectivity index is 1.69. The van der Waals surface area contributed by atoms with Gasteiger partial charge >= 0.3 is 0 Å². The third-order valence-electron chi connectivity index (χ3n) is 4.75. The van der Waals surface area contributed by atoms with E-state index < -0.39 is 5.91 Å². The number of carbonyl (C=O) groups excluding carboxylic acids is 1. The monoisotopic (exact) mass is 407 g/mol. The van der Waals surface area contributed by atoms with Gasteiger partial charge in [0.05, 0.1) is 28.8 Å². The molecule has 0 aliphatic heterocycles. The second-order valence-corrected chi connectivity index (χ2v) is 6.85. The van der Waals surface area contributed by atoms with Crippen molar-refractivity contribution in [3.63, 3.8) is 0 Å². The molecule has 8 heteroatoms. The summed E-state index contributed by atoms with van der Waals surface area (Å²) in [7, 11) is 1.76. The van der Waals surface area contributed by atoms with E-state index in [0.717, 1.165) is 5.69 Å². The third kappa shape index (κ3) is 3.25. The van der Waals surface area contributed by atoms with Crippen LogP contribution < -0.4 is 10.9 Å². The Bertz CT molecular complexity index is 1240. The highest BCUT2D eigenvalue weighted by Gasteiger charge is 2.22. The molecule has 1 N–H and O–H groups in total. The number of rotatable bonds is 4. The van der Waals surface area contributed by atoms with Crippen LogP contribution in [0.15, 0.2) is 71.7 Å². The third-order valence-corrected chi connectivity index (χ3v) is 5.11. The summed E-state index contributed by atoms with van der Waals surface area (Å²) in [6, 6.07) is 18.5. The minimum absolute atomic E-state index is 0.172. The van der Waals surface area contributed by atoms with Gasteiger partial charge in [-0.05, 0) is 31.2 Å². The summed E-state index contributed by atoms with van der Waals surface area (Å²) in [4.78, 5) is 25.8. The lowest BCUT2D eigenvalue weighted by Gasteiger charge is -2.07. The van der Waals surface area contributed by atoms with Crippen molar-refractivity contribution in [3.8, 4) is 11.4 Å². The van der Waals surface area contributed by atoms with Crippen molar-refractivity contribution in [2.75, 3.05) is 5.32 Å². The summed E-state index contributed by atoms with van der Waals surface area (Å²) >= 11 is 6.38. The average Bonchev–Trinajstić information content (AvgIpc) is 3.22. The first kappa shape index (κ1) is 18.8. The van der Waals surface area contributed by atoms with E-state index in [-0.39, 0.29) is 22.0 Å². The van der Waals surface area contributed by atoms with Crippen molar-refractivity contribution in [2.45, 2.75) is 6.92 Å². The normalized spacial score (nSPS) is 10.9. The van der Waals surface area contributed by atoms with Gasteiger partial charge in [-0.25, -0.2) is 9.36 Å². The number of anilines is 1. The van der Waals surface area contributed by atoms with Gasteiger partial charge in [0, 0.05) is 7.05 Å². The van der Waals surface area contributed by atoms with Gasteiger partial charge in [-0.1, -0.05) is 48.0 Å². The van der Waals surface area contributed by atoms with Crippen molar-refractivity contribution >= 4 is 23.2 Å². The Morgan fingerprint density at radius 3 is 2.21 bits per heavy atom. The van der Waals surface area contributed by atoms with E-state index in [1.165, 1.54) is 15.6 Å². The number of halogens is 1. The van der Waals surface area contributed by atoms with E-state index in [0.29, 0.717) is 11.4 Å². The molecule has 7 nitrogen and oxygen atoms in total. The molecule has 2 aromatic carbocycles. The summed E-state index contributed by atoms with van der Waals surface area (Å²) in [6.07, 6.45) is 1.39. The van der Waals surface area contributed by atoms with Gasteiger partial charge in [-0.3, -0.25) is 14.3 Å². The highest BCUT2D eigenvalue weighted by atomic mass is 35.5. The number of hydrogen-bond donors (Lipinski definition) is 1. The van der Waals surface area contributed by atoms with Gasteiger partial charge in [0.25, 0.3) is 11.5 Å². The second kappa shape index (κ2) is 7.44. The number of para-hydroxylation sites is 2. The molecule has 0 unspecified atom stereocenters. The number of nitrogens with zero attached hydrogens (tertiary/aromatic N) is 4. The molecular weight excluding hydrogens is 390 g/mol. The lowest BCUT2D eigenvalue weighted by Crippen LogP contribution is -2.23. The van der Waals surface area contributed by atoms with Crippen molar-refractivity contribution in [1.82, 2.24) is 19.1 Å². The summed E-state index contributed by atoms with van der Waals surface area (Å²) in [5.41, 5.74) is 2.13. The molecule has 0 spiro atoms. The molecule has 0 fully saturated rings. The second-order valence-electron chi connectivity index (χ2n) is 6.49. The van der Waals surface area contributed by atoms with E-state index in [4.69, 9.17) is 11.6 Å². The summed E-state index contributed by atoms with van der Waals surface area (Å²) in [6.45, 7) is 1.77. The Morgan fingerprint density at radius 2 is 1.59 bits per heavy atom. The van der Waals surface area contributed by atoms with Crippen molar-refractivity contribution in [1.29, 1.82) is 0 Å². The van der Waals surface area contributed by atoms with Crippen LogP contribution in [0.5, 0.6) is 0 Å². The van der Waals surface area contributed by atoms with Gasteiger partial charge in [0.1, 0.15) is 10.8 Å². The van der Waals surface area contributed by atoms with Crippen LogP contribution in [-0.4, -0.2) is 25.1 Å². The molecule has 2 heterocycles. The molecule has 0 aliphatic carbocycles. The van der Waals surface area contributed by atoms with Crippen LogP contribution in [0, 0.1) is 6.92 Å². The predicted octanol–water partition coefficient (Wildman–Crippen LogP) is 3.58. The fraction of sp³-hybridized carbons (Fsp3) is 0.0952. The molecule has 1 amide bonds. The lowest BCUT2D eigenvalue weighted by atomic mass is 10.3. The first-order valence-electron chi connectivity index (χ1n) is 8.93. The summed E-state index contributed by atoms with van der Waals surface area (Å²) in [5.74, 6) is -0.497. The minimum Gasteiger partial charge on any atom is -0.316 e.